The molecule has 1 nitrogen and oxygen atoms in total. The first kappa shape index (κ1) is 40.5. The second-order valence-corrected chi connectivity index (χ2v) is 18.3. The van der Waals surface area contributed by atoms with E-state index in [1.807, 2.05) is 0 Å². The van der Waals surface area contributed by atoms with Crippen LogP contribution >= 0.6 is 0 Å². The molecule has 69 heavy (non-hydrogen) atoms. The molecule has 0 N–H and O–H groups in total. The van der Waals surface area contributed by atoms with Crippen molar-refractivity contribution in [2.24, 2.45) is 0 Å². The third-order valence-electron chi connectivity index (χ3n) is 14.8. The van der Waals surface area contributed by atoms with Crippen LogP contribution in [0.4, 0.5) is 17.1 Å². The fourth-order valence-electron chi connectivity index (χ4n) is 12.0. The van der Waals surface area contributed by atoms with E-state index in [9.17, 15) is 0 Å². The molecule has 0 heterocycles. The van der Waals surface area contributed by atoms with Gasteiger partial charge in [-0.2, -0.15) is 0 Å². The lowest BCUT2D eigenvalue weighted by Crippen LogP contribution is -2.44. The number of hydrogen-bond donors (Lipinski definition) is 0. The van der Waals surface area contributed by atoms with Gasteiger partial charge in [0.2, 0.25) is 0 Å². The molecule has 0 saturated heterocycles. The standard InChI is InChI=1S/C68H47N/c1-5-21-48(22-6-1)49-37-42-55(43-38-49)69(66-36-20-14-29-57(66)51-23-7-2-8-24-51)56-44-39-50(40-45-56)52-41-46-59-58-30-13-15-31-60(58)68(65(59)47-52)63-34-18-16-32-61(63)67(53-25-9-3-10-26-53,54-27-11-4-12-28-54)62-33-17-19-35-64(62)68/h1-47H. The Morgan fingerprint density at radius 1 is 0.217 bits per heavy atom. The van der Waals surface area contributed by atoms with Crippen LogP contribution in [0.5, 0.6) is 0 Å². The normalized spacial score (nSPS) is 13.4. The first-order chi connectivity index (χ1) is 34.2. The highest BCUT2D eigenvalue weighted by Crippen LogP contribution is 2.64. The van der Waals surface area contributed by atoms with Gasteiger partial charge < -0.3 is 4.90 Å². The molecular weight excluding hydrogens is 831 g/mol. The van der Waals surface area contributed by atoms with E-state index in [0.29, 0.717) is 0 Å². The van der Waals surface area contributed by atoms with E-state index in [-0.39, 0.29) is 0 Å². The van der Waals surface area contributed by atoms with Crippen molar-refractivity contribution in [1.29, 1.82) is 0 Å². The molecule has 1 heteroatoms. The zero-order valence-electron chi connectivity index (χ0n) is 38.1. The van der Waals surface area contributed by atoms with Crippen molar-refractivity contribution in [3.63, 3.8) is 0 Å². The van der Waals surface area contributed by atoms with Gasteiger partial charge in [-0.05, 0) is 120 Å². The Morgan fingerprint density at radius 2 is 0.580 bits per heavy atom. The Hall–Kier alpha value is -8.78. The lowest BCUT2D eigenvalue weighted by molar-refractivity contribution is 0.624. The molecular formula is C68H47N. The number of rotatable bonds is 8. The minimum Gasteiger partial charge on any atom is -0.310 e. The molecule has 0 atom stereocenters. The minimum atomic E-state index is -0.564. The van der Waals surface area contributed by atoms with Gasteiger partial charge in [-0.3, -0.25) is 0 Å². The summed E-state index contributed by atoms with van der Waals surface area (Å²) in [7, 11) is 0. The van der Waals surface area contributed by atoms with E-state index in [1.165, 1.54) is 89.0 Å². The van der Waals surface area contributed by atoms with Gasteiger partial charge in [0.15, 0.2) is 0 Å². The van der Waals surface area contributed by atoms with Crippen molar-refractivity contribution in [1.82, 2.24) is 0 Å². The second kappa shape index (κ2) is 16.5. The minimum absolute atomic E-state index is 0.543. The summed E-state index contributed by atoms with van der Waals surface area (Å²) in [4.78, 5) is 2.40. The third-order valence-corrected chi connectivity index (χ3v) is 14.8. The molecule has 0 bridgehead atoms. The molecule has 0 aliphatic heterocycles. The first-order valence-electron chi connectivity index (χ1n) is 24.0. The molecule has 11 aromatic rings. The maximum absolute atomic E-state index is 2.50. The maximum Gasteiger partial charge on any atom is 0.0720 e. The van der Waals surface area contributed by atoms with Crippen molar-refractivity contribution < 1.29 is 0 Å². The van der Waals surface area contributed by atoms with Crippen LogP contribution in [0.15, 0.2) is 285 Å². The van der Waals surface area contributed by atoms with E-state index in [2.05, 4.69) is 290 Å². The summed E-state index contributed by atoms with van der Waals surface area (Å²) in [5.74, 6) is 0. The summed E-state index contributed by atoms with van der Waals surface area (Å²) in [5.41, 5.74) is 22.3. The Bertz CT molecular complexity index is 3540. The predicted molar refractivity (Wildman–Crippen MR) is 287 cm³/mol. The molecule has 0 aromatic heterocycles. The van der Waals surface area contributed by atoms with Crippen LogP contribution in [0.25, 0.3) is 44.5 Å². The van der Waals surface area contributed by atoms with Crippen LogP contribution in [0.2, 0.25) is 0 Å². The molecule has 0 amide bonds. The maximum atomic E-state index is 2.50. The van der Waals surface area contributed by atoms with Crippen molar-refractivity contribution in [3.8, 4) is 44.5 Å². The van der Waals surface area contributed by atoms with Crippen molar-refractivity contribution >= 4 is 17.1 Å². The highest BCUT2D eigenvalue weighted by atomic mass is 15.1. The quantitative estimate of drug-likeness (QED) is 0.147. The van der Waals surface area contributed by atoms with Crippen LogP contribution < -0.4 is 4.90 Å². The number of hydrogen-bond acceptors (Lipinski definition) is 1. The molecule has 13 rings (SSSR count). The average Bonchev–Trinajstić information content (AvgIpc) is 3.73. The highest BCUT2D eigenvalue weighted by molar-refractivity contribution is 5.92. The lowest BCUT2D eigenvalue weighted by atomic mass is 9.51. The van der Waals surface area contributed by atoms with Crippen molar-refractivity contribution in [3.05, 3.63) is 330 Å². The fourth-order valence-corrected chi connectivity index (χ4v) is 12.0. The van der Waals surface area contributed by atoms with Crippen LogP contribution in [0.1, 0.15) is 44.5 Å². The topological polar surface area (TPSA) is 3.24 Å². The molecule has 0 fully saturated rings. The van der Waals surface area contributed by atoms with Gasteiger partial charge >= 0.3 is 0 Å². The van der Waals surface area contributed by atoms with Gasteiger partial charge in [0.05, 0.1) is 16.5 Å². The van der Waals surface area contributed by atoms with Gasteiger partial charge in [0.25, 0.3) is 0 Å². The van der Waals surface area contributed by atoms with E-state index in [0.717, 1.165) is 17.1 Å². The number of nitrogens with zero attached hydrogens (tertiary/aromatic N) is 1. The Labute approximate surface area is 404 Å². The number of anilines is 3. The largest absolute Gasteiger partial charge is 0.310 e. The zero-order valence-corrected chi connectivity index (χ0v) is 38.1. The Morgan fingerprint density at radius 3 is 1.12 bits per heavy atom. The van der Waals surface area contributed by atoms with Crippen LogP contribution in [-0.2, 0) is 10.8 Å². The van der Waals surface area contributed by atoms with Gasteiger partial charge in [-0.1, -0.05) is 249 Å². The summed E-state index contributed by atoms with van der Waals surface area (Å²) in [6.45, 7) is 0. The van der Waals surface area contributed by atoms with Gasteiger partial charge in [0.1, 0.15) is 0 Å². The summed E-state index contributed by atoms with van der Waals surface area (Å²) < 4.78 is 0. The van der Waals surface area contributed by atoms with Crippen molar-refractivity contribution in [2.75, 3.05) is 4.90 Å². The number of para-hydroxylation sites is 1. The van der Waals surface area contributed by atoms with Crippen LogP contribution in [0.3, 0.4) is 0 Å². The predicted octanol–water partition coefficient (Wildman–Crippen LogP) is 17.2. The van der Waals surface area contributed by atoms with E-state index in [1.54, 1.807) is 0 Å². The van der Waals surface area contributed by atoms with Gasteiger partial charge in [-0.15, -0.1) is 0 Å². The lowest BCUT2D eigenvalue weighted by Gasteiger charge is -2.50. The fraction of sp³-hybridized carbons (Fsp3) is 0.0294. The molecule has 2 aliphatic rings. The molecule has 2 aliphatic carbocycles. The third kappa shape index (κ3) is 6.24. The van der Waals surface area contributed by atoms with Crippen LogP contribution in [0, 0.1) is 0 Å². The average molecular weight is 878 g/mol. The monoisotopic (exact) mass is 877 g/mol. The molecule has 324 valence electrons. The summed E-state index contributed by atoms with van der Waals surface area (Å²) in [6, 6.07) is 105. The molecule has 11 aromatic carbocycles. The summed E-state index contributed by atoms with van der Waals surface area (Å²) in [5, 5.41) is 0. The van der Waals surface area contributed by atoms with Crippen molar-refractivity contribution in [2.45, 2.75) is 10.8 Å². The van der Waals surface area contributed by atoms with Gasteiger partial charge in [-0.25, -0.2) is 0 Å². The number of benzene rings is 11. The van der Waals surface area contributed by atoms with E-state index in [4.69, 9.17) is 0 Å². The molecule has 0 radical (unpaired) electrons. The Balaban J connectivity index is 0.984. The molecule has 0 unspecified atom stereocenters. The molecule has 0 saturated carbocycles. The highest BCUT2D eigenvalue weighted by Gasteiger charge is 2.56. The Kier molecular flexibility index (Phi) is 9.70. The second-order valence-electron chi connectivity index (χ2n) is 18.3. The SMILES string of the molecule is c1ccc(-c2ccc(N(c3ccc(-c4ccc5c(c4)C4(c6ccccc6-5)c5ccccc5C(c5ccccc5)(c5ccccc5)c5ccccc54)cc3)c3ccccc3-c3ccccc3)cc2)cc1. The number of fused-ring (bicyclic) bond motifs is 9. The van der Waals surface area contributed by atoms with E-state index >= 15 is 0 Å². The zero-order chi connectivity index (χ0) is 45.8. The van der Waals surface area contributed by atoms with Gasteiger partial charge in [0, 0.05) is 16.9 Å². The molecule has 1 spiro atoms. The smallest absolute Gasteiger partial charge is 0.0720 e. The summed E-state index contributed by atoms with van der Waals surface area (Å²) >= 11 is 0. The van der Waals surface area contributed by atoms with E-state index < -0.39 is 10.8 Å². The summed E-state index contributed by atoms with van der Waals surface area (Å²) in [6.07, 6.45) is 0. The first-order valence-corrected chi connectivity index (χ1v) is 24.0. The van der Waals surface area contributed by atoms with Crippen LogP contribution in [-0.4, -0.2) is 0 Å².